The second-order valence-corrected chi connectivity index (χ2v) is 5.46. The Bertz CT molecular complexity index is 359. The van der Waals surface area contributed by atoms with Gasteiger partial charge in [0.05, 0.1) is 0 Å². The molecule has 16 heavy (non-hydrogen) atoms. The van der Waals surface area contributed by atoms with Crippen LogP contribution in [0.5, 0.6) is 0 Å². The molecule has 88 valence electrons. The number of benzene rings is 1. The minimum absolute atomic E-state index is 0.661. The number of nitrogens with zero attached hydrogens (tertiary/aromatic N) is 1. The minimum Gasteiger partial charge on any atom is -0.373 e. The average molecular weight is 283 g/mol. The third kappa shape index (κ3) is 2.77. The van der Waals surface area contributed by atoms with Crippen LogP contribution in [0.15, 0.2) is 22.7 Å². The molecule has 1 aromatic carbocycles. The van der Waals surface area contributed by atoms with Gasteiger partial charge in [-0.2, -0.15) is 0 Å². The van der Waals surface area contributed by atoms with Gasteiger partial charge in [0.25, 0.3) is 0 Å². The summed E-state index contributed by atoms with van der Waals surface area (Å²) in [4.78, 5) is 2.34. The molecule has 0 radical (unpaired) electrons. The number of hydrogen-bond donors (Lipinski definition) is 1. The van der Waals surface area contributed by atoms with Gasteiger partial charge in [0.2, 0.25) is 0 Å². The molecule has 1 atom stereocenters. The van der Waals surface area contributed by atoms with E-state index in [1.165, 1.54) is 35.1 Å². The van der Waals surface area contributed by atoms with Gasteiger partial charge in [-0.3, -0.25) is 0 Å². The summed E-state index contributed by atoms with van der Waals surface area (Å²) < 4.78 is 1.18. The third-order valence-corrected chi connectivity index (χ3v) is 4.13. The Morgan fingerprint density at radius 1 is 1.50 bits per heavy atom. The molecule has 1 heterocycles. The number of hydrogen-bond acceptors (Lipinski definition) is 2. The molecule has 1 aliphatic heterocycles. The quantitative estimate of drug-likeness (QED) is 0.917. The van der Waals surface area contributed by atoms with E-state index < -0.39 is 0 Å². The monoisotopic (exact) mass is 282 g/mol. The van der Waals surface area contributed by atoms with Crippen LogP contribution < -0.4 is 10.2 Å². The highest BCUT2D eigenvalue weighted by atomic mass is 79.9. The average Bonchev–Trinajstić information content (AvgIpc) is 2.74. The van der Waals surface area contributed by atoms with Gasteiger partial charge < -0.3 is 10.2 Å². The lowest BCUT2D eigenvalue weighted by Gasteiger charge is -2.23. The number of rotatable bonds is 3. The first-order valence-electron chi connectivity index (χ1n) is 5.87. The molecule has 0 aliphatic carbocycles. The van der Waals surface area contributed by atoms with Crippen molar-refractivity contribution < 1.29 is 0 Å². The molecular formula is C13H19BrN2. The first-order valence-corrected chi connectivity index (χ1v) is 6.67. The summed E-state index contributed by atoms with van der Waals surface area (Å²) in [5, 5.41) is 3.53. The van der Waals surface area contributed by atoms with Gasteiger partial charge in [-0.1, -0.05) is 15.9 Å². The first-order chi connectivity index (χ1) is 7.66. The molecule has 3 heteroatoms. The van der Waals surface area contributed by atoms with Crippen molar-refractivity contribution in [3.63, 3.8) is 0 Å². The molecule has 2 nitrogen and oxygen atoms in total. The van der Waals surface area contributed by atoms with Crippen molar-refractivity contribution in [1.29, 1.82) is 0 Å². The Hall–Kier alpha value is -0.540. The zero-order chi connectivity index (χ0) is 11.5. The van der Waals surface area contributed by atoms with Gasteiger partial charge in [0.1, 0.15) is 0 Å². The van der Waals surface area contributed by atoms with Crippen molar-refractivity contribution in [3.05, 3.63) is 28.2 Å². The van der Waals surface area contributed by atoms with Crippen LogP contribution in [0, 0.1) is 6.92 Å². The highest BCUT2D eigenvalue weighted by Crippen LogP contribution is 2.22. The first kappa shape index (κ1) is 11.9. The Kier molecular flexibility index (Phi) is 3.87. The summed E-state index contributed by atoms with van der Waals surface area (Å²) >= 11 is 3.54. The van der Waals surface area contributed by atoms with Crippen LogP contribution in [-0.4, -0.2) is 26.2 Å². The molecule has 0 aromatic heterocycles. The molecule has 1 saturated heterocycles. The molecular weight excluding hydrogens is 264 g/mol. The molecule has 0 amide bonds. The van der Waals surface area contributed by atoms with E-state index in [2.05, 4.69) is 58.3 Å². The van der Waals surface area contributed by atoms with Gasteiger partial charge in [-0.15, -0.1) is 0 Å². The van der Waals surface area contributed by atoms with Crippen LogP contribution in [-0.2, 0) is 0 Å². The van der Waals surface area contributed by atoms with E-state index in [0.29, 0.717) is 6.04 Å². The highest BCUT2D eigenvalue weighted by Gasteiger charge is 2.16. The molecule has 0 bridgehead atoms. The molecule has 1 unspecified atom stereocenters. The molecule has 2 rings (SSSR count). The Morgan fingerprint density at radius 3 is 2.94 bits per heavy atom. The fourth-order valence-corrected chi connectivity index (χ4v) is 2.46. The molecule has 0 spiro atoms. The summed E-state index contributed by atoms with van der Waals surface area (Å²) in [5.74, 6) is 0. The molecule has 1 aliphatic rings. The van der Waals surface area contributed by atoms with Crippen molar-refractivity contribution in [3.8, 4) is 0 Å². The van der Waals surface area contributed by atoms with Crippen LogP contribution >= 0.6 is 15.9 Å². The predicted octanol–water partition coefficient (Wildman–Crippen LogP) is 2.95. The standard InChI is InChI=1S/C13H19BrN2/c1-10-8-12(5-6-13(10)14)16(2)9-11-4-3-7-15-11/h5-6,8,11,15H,3-4,7,9H2,1-2H3. The lowest BCUT2D eigenvalue weighted by Crippen LogP contribution is -2.35. The van der Waals surface area contributed by atoms with Crippen LogP contribution in [0.25, 0.3) is 0 Å². The zero-order valence-electron chi connectivity index (χ0n) is 9.96. The third-order valence-electron chi connectivity index (χ3n) is 3.24. The van der Waals surface area contributed by atoms with E-state index in [4.69, 9.17) is 0 Å². The summed E-state index contributed by atoms with van der Waals surface area (Å²) in [7, 11) is 2.17. The second-order valence-electron chi connectivity index (χ2n) is 4.61. The van der Waals surface area contributed by atoms with Gasteiger partial charge in [-0.25, -0.2) is 0 Å². The molecule has 0 saturated carbocycles. The fraction of sp³-hybridized carbons (Fsp3) is 0.538. The number of nitrogens with one attached hydrogen (secondary N) is 1. The van der Waals surface area contributed by atoms with E-state index >= 15 is 0 Å². The maximum atomic E-state index is 3.54. The second kappa shape index (κ2) is 5.19. The topological polar surface area (TPSA) is 15.3 Å². The Balaban J connectivity index is 2.02. The van der Waals surface area contributed by atoms with Crippen molar-refractivity contribution in [2.45, 2.75) is 25.8 Å². The van der Waals surface area contributed by atoms with Crippen LogP contribution in [0.4, 0.5) is 5.69 Å². The molecule has 1 fully saturated rings. The van der Waals surface area contributed by atoms with Crippen molar-refractivity contribution >= 4 is 21.6 Å². The van der Waals surface area contributed by atoms with Crippen LogP contribution in [0.3, 0.4) is 0 Å². The highest BCUT2D eigenvalue weighted by molar-refractivity contribution is 9.10. The van der Waals surface area contributed by atoms with Crippen molar-refractivity contribution in [2.75, 3.05) is 25.0 Å². The van der Waals surface area contributed by atoms with Crippen LogP contribution in [0.2, 0.25) is 0 Å². The number of halogens is 1. The lowest BCUT2D eigenvalue weighted by atomic mass is 10.2. The van der Waals surface area contributed by atoms with Gasteiger partial charge in [0, 0.05) is 29.8 Å². The van der Waals surface area contributed by atoms with E-state index in [0.717, 1.165) is 6.54 Å². The van der Waals surface area contributed by atoms with E-state index in [1.54, 1.807) is 0 Å². The molecule has 1 N–H and O–H groups in total. The van der Waals surface area contributed by atoms with Crippen LogP contribution in [0.1, 0.15) is 18.4 Å². The maximum absolute atomic E-state index is 3.54. The fourth-order valence-electron chi connectivity index (χ4n) is 2.21. The number of anilines is 1. The lowest BCUT2D eigenvalue weighted by molar-refractivity contribution is 0.600. The van der Waals surface area contributed by atoms with Gasteiger partial charge in [-0.05, 0) is 50.1 Å². The largest absolute Gasteiger partial charge is 0.373 e. The summed E-state index contributed by atoms with van der Waals surface area (Å²) in [6, 6.07) is 7.20. The Morgan fingerprint density at radius 2 is 2.31 bits per heavy atom. The summed E-state index contributed by atoms with van der Waals surface area (Å²) in [6.07, 6.45) is 2.62. The van der Waals surface area contributed by atoms with Crippen molar-refractivity contribution in [2.24, 2.45) is 0 Å². The van der Waals surface area contributed by atoms with E-state index in [9.17, 15) is 0 Å². The Labute approximate surface area is 106 Å². The SMILES string of the molecule is Cc1cc(N(C)CC2CCCN2)ccc1Br. The zero-order valence-corrected chi connectivity index (χ0v) is 11.5. The van der Waals surface area contributed by atoms with Gasteiger partial charge in [0.15, 0.2) is 0 Å². The van der Waals surface area contributed by atoms with E-state index in [-0.39, 0.29) is 0 Å². The maximum Gasteiger partial charge on any atom is 0.0367 e. The predicted molar refractivity (Wildman–Crippen MR) is 73.2 cm³/mol. The summed E-state index contributed by atoms with van der Waals surface area (Å²) in [6.45, 7) is 4.41. The van der Waals surface area contributed by atoms with Gasteiger partial charge >= 0.3 is 0 Å². The normalized spacial score (nSPS) is 20.1. The smallest absolute Gasteiger partial charge is 0.0367 e. The minimum atomic E-state index is 0.661. The summed E-state index contributed by atoms with van der Waals surface area (Å²) in [5.41, 5.74) is 2.60. The molecule has 1 aromatic rings. The van der Waals surface area contributed by atoms with Crippen molar-refractivity contribution in [1.82, 2.24) is 5.32 Å². The number of likely N-dealkylation sites (N-methyl/N-ethyl adjacent to an activating group) is 1. The van der Waals surface area contributed by atoms with E-state index in [1.807, 2.05) is 0 Å². The number of aryl methyl sites for hydroxylation is 1.